The molecule has 0 aliphatic heterocycles. The highest BCUT2D eigenvalue weighted by atomic mass is 79.9. The number of carbonyl (C=O) groups excluding carboxylic acids is 1. The molecule has 0 radical (unpaired) electrons. The number of hydrogen-bond donors (Lipinski definition) is 1. The highest BCUT2D eigenvalue weighted by Crippen LogP contribution is 2.20. The molecule has 0 aromatic heterocycles. The van der Waals surface area contributed by atoms with E-state index in [1.807, 2.05) is 18.2 Å². The van der Waals surface area contributed by atoms with Crippen molar-refractivity contribution in [2.75, 3.05) is 5.73 Å². The van der Waals surface area contributed by atoms with E-state index in [0.29, 0.717) is 17.7 Å². The smallest absolute Gasteiger partial charge is 0.169 e. The van der Waals surface area contributed by atoms with Crippen LogP contribution in [0.4, 0.5) is 5.69 Å². The molecule has 0 bridgehead atoms. The fourth-order valence-corrected chi connectivity index (χ4v) is 2.36. The lowest BCUT2D eigenvalue weighted by molar-refractivity contribution is 0.0994. The third kappa shape index (κ3) is 3.24. The largest absolute Gasteiger partial charge is 0.398 e. The Hall–Kier alpha value is -1.61. The second-order valence-electron chi connectivity index (χ2n) is 4.75. The predicted molar refractivity (Wildman–Crippen MR) is 82.5 cm³/mol. The van der Waals surface area contributed by atoms with Crippen LogP contribution in [-0.4, -0.2) is 5.78 Å². The quantitative estimate of drug-likeness (QED) is 0.685. The lowest BCUT2D eigenvalue weighted by Gasteiger charge is -2.07. The van der Waals surface area contributed by atoms with E-state index in [1.54, 1.807) is 12.1 Å². The Morgan fingerprint density at radius 1 is 1.11 bits per heavy atom. The molecule has 0 spiro atoms. The number of benzene rings is 2. The average molecular weight is 318 g/mol. The molecule has 0 fully saturated rings. The summed E-state index contributed by atoms with van der Waals surface area (Å²) in [6.07, 6.45) is 0.382. The van der Waals surface area contributed by atoms with E-state index in [0.717, 1.165) is 10.0 Å². The summed E-state index contributed by atoms with van der Waals surface area (Å²) >= 11 is 3.34. The first-order valence-electron chi connectivity index (χ1n) is 6.11. The first kappa shape index (κ1) is 13.8. The molecule has 19 heavy (non-hydrogen) atoms. The van der Waals surface area contributed by atoms with Crippen molar-refractivity contribution in [3.05, 3.63) is 63.1 Å². The van der Waals surface area contributed by atoms with E-state index in [2.05, 4.69) is 35.8 Å². The molecule has 3 heteroatoms. The van der Waals surface area contributed by atoms with Gasteiger partial charge in [0.15, 0.2) is 5.78 Å². The van der Waals surface area contributed by atoms with Crippen molar-refractivity contribution in [2.24, 2.45) is 0 Å². The molecule has 2 aromatic rings. The van der Waals surface area contributed by atoms with Crippen LogP contribution >= 0.6 is 15.9 Å². The molecule has 0 saturated heterocycles. The average Bonchev–Trinajstić information content (AvgIpc) is 2.33. The number of Topliss-reactive ketones (excluding diaryl/α,β-unsaturated/α-hetero) is 1. The molecule has 0 unspecified atom stereocenters. The summed E-state index contributed by atoms with van der Waals surface area (Å²) in [7, 11) is 0. The van der Waals surface area contributed by atoms with Crippen LogP contribution in [0.25, 0.3) is 0 Å². The number of nitrogens with two attached hydrogens (primary N) is 1. The zero-order valence-corrected chi connectivity index (χ0v) is 12.6. The van der Waals surface area contributed by atoms with Gasteiger partial charge in [0.25, 0.3) is 0 Å². The van der Waals surface area contributed by atoms with Gasteiger partial charge in [-0.05, 0) is 48.7 Å². The number of nitrogen functional groups attached to an aromatic ring is 1. The van der Waals surface area contributed by atoms with Gasteiger partial charge in [0.2, 0.25) is 0 Å². The van der Waals surface area contributed by atoms with Gasteiger partial charge in [-0.25, -0.2) is 0 Å². The van der Waals surface area contributed by atoms with E-state index in [1.165, 1.54) is 11.1 Å². The minimum atomic E-state index is 0.0493. The maximum atomic E-state index is 12.2. The molecule has 98 valence electrons. The Labute approximate surface area is 121 Å². The maximum absolute atomic E-state index is 12.2. The molecule has 0 heterocycles. The molecule has 0 saturated carbocycles. The predicted octanol–water partition coefficient (Wildman–Crippen LogP) is 4.07. The highest BCUT2D eigenvalue weighted by Gasteiger charge is 2.11. The molecule has 2 rings (SSSR count). The maximum Gasteiger partial charge on any atom is 0.169 e. The molecule has 0 aliphatic rings. The van der Waals surface area contributed by atoms with Crippen molar-refractivity contribution >= 4 is 27.4 Å². The fraction of sp³-hybridized carbons (Fsp3) is 0.188. The molecule has 0 amide bonds. The van der Waals surface area contributed by atoms with Gasteiger partial charge in [-0.1, -0.05) is 34.1 Å². The number of hydrogen-bond acceptors (Lipinski definition) is 2. The van der Waals surface area contributed by atoms with Crippen LogP contribution in [0.2, 0.25) is 0 Å². The van der Waals surface area contributed by atoms with Crippen molar-refractivity contribution in [3.63, 3.8) is 0 Å². The van der Waals surface area contributed by atoms with Crippen molar-refractivity contribution in [1.29, 1.82) is 0 Å². The summed E-state index contributed by atoms with van der Waals surface area (Å²) in [6.45, 7) is 4.12. The van der Waals surface area contributed by atoms with Gasteiger partial charge in [0.1, 0.15) is 0 Å². The summed E-state index contributed by atoms with van der Waals surface area (Å²) in [5.41, 5.74) is 10.4. The zero-order chi connectivity index (χ0) is 14.0. The third-order valence-electron chi connectivity index (χ3n) is 3.25. The van der Waals surface area contributed by atoms with Gasteiger partial charge in [-0.15, -0.1) is 0 Å². The Bertz CT molecular complexity index is 635. The lowest BCUT2D eigenvalue weighted by atomic mass is 9.99. The van der Waals surface area contributed by atoms with Crippen molar-refractivity contribution in [2.45, 2.75) is 20.3 Å². The van der Waals surface area contributed by atoms with Crippen LogP contribution in [0.5, 0.6) is 0 Å². The number of ketones is 1. The summed E-state index contributed by atoms with van der Waals surface area (Å²) in [4.78, 5) is 12.2. The van der Waals surface area contributed by atoms with Crippen LogP contribution < -0.4 is 5.73 Å². The van der Waals surface area contributed by atoms with Gasteiger partial charge in [0, 0.05) is 22.1 Å². The van der Waals surface area contributed by atoms with Crippen LogP contribution in [0.1, 0.15) is 27.0 Å². The molecule has 2 nitrogen and oxygen atoms in total. The molecule has 0 atom stereocenters. The van der Waals surface area contributed by atoms with Crippen LogP contribution in [0, 0.1) is 13.8 Å². The van der Waals surface area contributed by atoms with Crippen LogP contribution in [0.3, 0.4) is 0 Å². The molecular formula is C16H16BrNO. The van der Waals surface area contributed by atoms with E-state index in [9.17, 15) is 4.79 Å². The second-order valence-corrected chi connectivity index (χ2v) is 5.67. The monoisotopic (exact) mass is 317 g/mol. The normalized spacial score (nSPS) is 10.5. The van der Waals surface area contributed by atoms with E-state index in [4.69, 9.17) is 5.73 Å². The summed E-state index contributed by atoms with van der Waals surface area (Å²) in [5.74, 6) is 0.0493. The number of aryl methyl sites for hydroxylation is 2. The molecule has 2 aromatic carbocycles. The molecule has 2 N–H and O–H groups in total. The van der Waals surface area contributed by atoms with Gasteiger partial charge in [-0.3, -0.25) is 4.79 Å². The lowest BCUT2D eigenvalue weighted by Crippen LogP contribution is -2.07. The van der Waals surface area contributed by atoms with Crippen LogP contribution in [-0.2, 0) is 6.42 Å². The van der Waals surface area contributed by atoms with Crippen molar-refractivity contribution in [1.82, 2.24) is 0 Å². The second kappa shape index (κ2) is 5.57. The third-order valence-corrected chi connectivity index (χ3v) is 3.74. The molecular weight excluding hydrogens is 302 g/mol. The first-order valence-corrected chi connectivity index (χ1v) is 6.91. The Balaban J connectivity index is 2.23. The standard InChI is InChI=1S/C16H16BrNO/c1-10-3-4-12(7-11(10)2)8-16(19)14-6-5-13(17)9-15(14)18/h3-7,9H,8,18H2,1-2H3. The van der Waals surface area contributed by atoms with Gasteiger partial charge >= 0.3 is 0 Å². The number of anilines is 1. The van der Waals surface area contributed by atoms with Crippen molar-refractivity contribution in [3.8, 4) is 0 Å². The molecule has 0 aliphatic carbocycles. The SMILES string of the molecule is Cc1ccc(CC(=O)c2ccc(Br)cc2N)cc1C. The van der Waals surface area contributed by atoms with Gasteiger partial charge in [-0.2, -0.15) is 0 Å². The van der Waals surface area contributed by atoms with Gasteiger partial charge in [0.05, 0.1) is 0 Å². The van der Waals surface area contributed by atoms with Crippen LogP contribution in [0.15, 0.2) is 40.9 Å². The van der Waals surface area contributed by atoms with E-state index in [-0.39, 0.29) is 5.78 Å². The summed E-state index contributed by atoms with van der Waals surface area (Å²) in [6, 6.07) is 11.5. The summed E-state index contributed by atoms with van der Waals surface area (Å²) < 4.78 is 0.882. The van der Waals surface area contributed by atoms with Crippen molar-refractivity contribution < 1.29 is 4.79 Å². The minimum absolute atomic E-state index is 0.0493. The highest BCUT2D eigenvalue weighted by molar-refractivity contribution is 9.10. The van der Waals surface area contributed by atoms with E-state index >= 15 is 0 Å². The number of halogens is 1. The van der Waals surface area contributed by atoms with E-state index < -0.39 is 0 Å². The number of carbonyl (C=O) groups is 1. The Morgan fingerprint density at radius 3 is 2.47 bits per heavy atom. The number of rotatable bonds is 3. The Kier molecular flexibility index (Phi) is 4.05. The minimum Gasteiger partial charge on any atom is -0.398 e. The topological polar surface area (TPSA) is 43.1 Å². The zero-order valence-electron chi connectivity index (χ0n) is 11.0. The summed E-state index contributed by atoms with van der Waals surface area (Å²) in [5, 5.41) is 0. The first-order chi connectivity index (χ1) is 8.97. The van der Waals surface area contributed by atoms with Gasteiger partial charge < -0.3 is 5.73 Å². The fourth-order valence-electron chi connectivity index (χ4n) is 1.98. The Morgan fingerprint density at radius 2 is 1.84 bits per heavy atom.